The van der Waals surface area contributed by atoms with Gasteiger partial charge in [-0.2, -0.15) is 8.78 Å². The van der Waals surface area contributed by atoms with Gasteiger partial charge < -0.3 is 0 Å². The lowest BCUT2D eigenvalue weighted by atomic mass is 9.99. The predicted molar refractivity (Wildman–Crippen MR) is 58.7 cm³/mol. The van der Waals surface area contributed by atoms with Crippen LogP contribution in [0.5, 0.6) is 0 Å². The lowest BCUT2D eigenvalue weighted by molar-refractivity contribution is -0.165. The smallest absolute Gasteiger partial charge is 0.238 e. The Morgan fingerprint density at radius 2 is 1.37 bits per heavy atom. The Labute approximate surface area is 112 Å². The topological polar surface area (TPSA) is 0 Å². The molecule has 0 amide bonds. The first-order chi connectivity index (χ1) is 8.67. The second-order valence-electron chi connectivity index (χ2n) is 3.77. The third-order valence-electron chi connectivity index (χ3n) is 2.39. The lowest BCUT2D eigenvalue weighted by Crippen LogP contribution is -2.43. The minimum atomic E-state index is -4.89. The summed E-state index contributed by atoms with van der Waals surface area (Å²) < 4.78 is 89.8. The first-order valence-electron chi connectivity index (χ1n) is 5.01. The molecule has 1 aromatic carbocycles. The first kappa shape index (κ1) is 16.3. The van der Waals surface area contributed by atoms with Crippen LogP contribution in [0.25, 0.3) is 0 Å². The van der Waals surface area contributed by atoms with E-state index in [0.29, 0.717) is 4.47 Å². The van der Waals surface area contributed by atoms with Crippen molar-refractivity contribution in [2.45, 2.75) is 30.9 Å². The minimum absolute atomic E-state index is 0.458. The van der Waals surface area contributed by atoms with Crippen LogP contribution in [0.4, 0.5) is 30.7 Å². The molecule has 0 aliphatic heterocycles. The standard InChI is InChI=1S/C11H8BrF7/c12-6-3-1-5(2-4-6)8(14)11(18,19)9(15)7(13)10(16)17/h1-4,7-10H. The quantitative estimate of drug-likeness (QED) is 0.651. The summed E-state index contributed by atoms with van der Waals surface area (Å²) in [5, 5.41) is 0. The van der Waals surface area contributed by atoms with Crippen LogP contribution in [0.1, 0.15) is 11.7 Å². The molecule has 0 spiro atoms. The maximum Gasteiger partial charge on any atom is 0.316 e. The molecule has 0 aliphatic rings. The van der Waals surface area contributed by atoms with Crippen LogP contribution in [-0.2, 0) is 0 Å². The van der Waals surface area contributed by atoms with Crippen molar-refractivity contribution in [1.82, 2.24) is 0 Å². The molecule has 3 atom stereocenters. The fourth-order valence-corrected chi connectivity index (χ4v) is 1.60. The van der Waals surface area contributed by atoms with Crippen LogP contribution >= 0.6 is 15.9 Å². The molecule has 0 aliphatic carbocycles. The highest BCUT2D eigenvalue weighted by Gasteiger charge is 2.55. The Kier molecular flexibility index (Phi) is 5.23. The highest BCUT2D eigenvalue weighted by Crippen LogP contribution is 2.41. The second-order valence-corrected chi connectivity index (χ2v) is 4.68. The fraction of sp³-hybridized carbons (Fsp3) is 0.455. The van der Waals surface area contributed by atoms with E-state index in [1.54, 1.807) is 0 Å². The fourth-order valence-electron chi connectivity index (χ4n) is 1.33. The monoisotopic (exact) mass is 352 g/mol. The molecular formula is C11H8BrF7. The number of halogens is 8. The van der Waals surface area contributed by atoms with E-state index in [1.807, 2.05) is 0 Å². The number of rotatable bonds is 5. The highest BCUT2D eigenvalue weighted by molar-refractivity contribution is 9.10. The van der Waals surface area contributed by atoms with Gasteiger partial charge in [0.25, 0.3) is 6.43 Å². The van der Waals surface area contributed by atoms with Crippen molar-refractivity contribution in [2.75, 3.05) is 0 Å². The van der Waals surface area contributed by atoms with Gasteiger partial charge in [0.1, 0.15) is 0 Å². The molecule has 0 aromatic heterocycles. The number of alkyl halides is 7. The number of benzene rings is 1. The van der Waals surface area contributed by atoms with E-state index >= 15 is 0 Å². The van der Waals surface area contributed by atoms with Crippen molar-refractivity contribution < 1.29 is 30.7 Å². The van der Waals surface area contributed by atoms with Gasteiger partial charge in [0.2, 0.25) is 6.17 Å². The average molecular weight is 353 g/mol. The van der Waals surface area contributed by atoms with Crippen LogP contribution in [0.2, 0.25) is 0 Å². The van der Waals surface area contributed by atoms with Crippen LogP contribution in [-0.4, -0.2) is 24.7 Å². The molecule has 3 unspecified atom stereocenters. The molecule has 8 heteroatoms. The van der Waals surface area contributed by atoms with Crippen LogP contribution < -0.4 is 0 Å². The van der Waals surface area contributed by atoms with E-state index < -0.39 is 36.4 Å². The largest absolute Gasteiger partial charge is 0.316 e. The van der Waals surface area contributed by atoms with Gasteiger partial charge in [0.15, 0.2) is 12.3 Å². The Hall–Kier alpha value is -0.790. The second kappa shape index (κ2) is 6.11. The molecule has 1 aromatic rings. The Morgan fingerprint density at radius 1 is 0.895 bits per heavy atom. The Balaban J connectivity index is 2.95. The lowest BCUT2D eigenvalue weighted by Gasteiger charge is -2.26. The van der Waals surface area contributed by atoms with Gasteiger partial charge >= 0.3 is 5.92 Å². The molecule has 0 saturated carbocycles. The summed E-state index contributed by atoms with van der Waals surface area (Å²) in [6.45, 7) is 0. The van der Waals surface area contributed by atoms with Crippen molar-refractivity contribution in [3.63, 3.8) is 0 Å². The van der Waals surface area contributed by atoms with E-state index in [2.05, 4.69) is 15.9 Å². The molecule has 0 nitrogen and oxygen atoms in total. The van der Waals surface area contributed by atoms with Gasteiger partial charge in [-0.15, -0.1) is 0 Å². The maximum absolute atomic E-state index is 13.5. The minimum Gasteiger partial charge on any atom is -0.238 e. The van der Waals surface area contributed by atoms with Gasteiger partial charge in [-0.3, -0.25) is 0 Å². The Bertz CT molecular complexity index is 406. The summed E-state index contributed by atoms with van der Waals surface area (Å²) in [5.41, 5.74) is -0.627. The summed E-state index contributed by atoms with van der Waals surface area (Å²) in [4.78, 5) is 0. The molecule has 1 rings (SSSR count). The van der Waals surface area contributed by atoms with Crippen LogP contribution in [0.15, 0.2) is 28.7 Å². The molecule has 0 heterocycles. The summed E-state index contributed by atoms with van der Waals surface area (Å²) in [7, 11) is 0. The Morgan fingerprint density at radius 3 is 1.79 bits per heavy atom. The number of hydrogen-bond acceptors (Lipinski definition) is 0. The summed E-state index contributed by atoms with van der Waals surface area (Å²) in [6, 6.07) is 4.27. The van der Waals surface area contributed by atoms with Gasteiger partial charge in [-0.25, -0.2) is 22.0 Å². The van der Waals surface area contributed by atoms with Crippen molar-refractivity contribution in [3.05, 3.63) is 34.3 Å². The molecule has 0 saturated heterocycles. The zero-order valence-corrected chi connectivity index (χ0v) is 10.7. The third-order valence-corrected chi connectivity index (χ3v) is 2.92. The number of hydrogen-bond donors (Lipinski definition) is 0. The van der Waals surface area contributed by atoms with Crippen LogP contribution in [0, 0.1) is 0 Å². The van der Waals surface area contributed by atoms with Crippen molar-refractivity contribution in [2.24, 2.45) is 0 Å². The van der Waals surface area contributed by atoms with E-state index in [-0.39, 0.29) is 0 Å². The zero-order valence-electron chi connectivity index (χ0n) is 9.14. The van der Waals surface area contributed by atoms with Crippen molar-refractivity contribution in [1.29, 1.82) is 0 Å². The molecule has 19 heavy (non-hydrogen) atoms. The molecular weight excluding hydrogens is 345 g/mol. The van der Waals surface area contributed by atoms with Crippen molar-refractivity contribution >= 4 is 15.9 Å². The van der Waals surface area contributed by atoms with Gasteiger partial charge in [-0.05, 0) is 17.7 Å². The van der Waals surface area contributed by atoms with Crippen LogP contribution in [0.3, 0.4) is 0 Å². The zero-order chi connectivity index (χ0) is 14.8. The third kappa shape index (κ3) is 3.61. The van der Waals surface area contributed by atoms with Gasteiger partial charge in [-0.1, -0.05) is 28.1 Å². The highest BCUT2D eigenvalue weighted by atomic mass is 79.9. The average Bonchev–Trinajstić information content (AvgIpc) is 2.36. The molecule has 108 valence electrons. The van der Waals surface area contributed by atoms with E-state index in [4.69, 9.17) is 0 Å². The van der Waals surface area contributed by atoms with Gasteiger partial charge in [0.05, 0.1) is 0 Å². The van der Waals surface area contributed by atoms with E-state index in [0.717, 1.165) is 12.1 Å². The summed E-state index contributed by atoms with van der Waals surface area (Å²) >= 11 is 2.97. The van der Waals surface area contributed by atoms with Crippen molar-refractivity contribution in [3.8, 4) is 0 Å². The normalized spacial score (nSPS) is 17.3. The molecule has 0 N–H and O–H groups in total. The maximum atomic E-state index is 13.5. The summed E-state index contributed by atoms with van der Waals surface area (Å²) in [5.74, 6) is -4.89. The molecule has 0 fully saturated rings. The molecule has 0 radical (unpaired) electrons. The summed E-state index contributed by atoms with van der Waals surface area (Å²) in [6.07, 6.45) is -14.8. The van der Waals surface area contributed by atoms with E-state index in [9.17, 15) is 30.7 Å². The van der Waals surface area contributed by atoms with Gasteiger partial charge in [0, 0.05) is 4.47 Å². The first-order valence-corrected chi connectivity index (χ1v) is 5.81. The van der Waals surface area contributed by atoms with E-state index in [1.165, 1.54) is 12.1 Å². The predicted octanol–water partition coefficient (Wildman–Crippen LogP) is 5.04. The SMILES string of the molecule is FC(F)C(F)C(F)C(F)(F)C(F)c1ccc(Br)cc1. The molecule has 0 bridgehead atoms.